The minimum atomic E-state index is -1.94. The van der Waals surface area contributed by atoms with Gasteiger partial charge in [-0.25, -0.2) is 0 Å². The van der Waals surface area contributed by atoms with E-state index >= 15 is 28.8 Å². The Morgan fingerprint density at radius 3 is 1.63 bits per heavy atom. The highest BCUT2D eigenvalue weighted by atomic mass is 32.1. The lowest BCUT2D eigenvalue weighted by atomic mass is 9.69. The summed E-state index contributed by atoms with van der Waals surface area (Å²) < 4.78 is 17.0. The monoisotopic (exact) mass is 1650 g/mol. The Hall–Kier alpha value is -11.4. The molecular formula is C79H116N18O19S. The van der Waals surface area contributed by atoms with Crippen LogP contribution in [0.4, 0.5) is 0 Å². The smallest absolute Gasteiger partial charge is 0.305 e. The molecule has 1 aliphatic heterocycles. The van der Waals surface area contributed by atoms with Gasteiger partial charge in [-0.3, -0.25) is 93.6 Å². The Kier molecular flexibility index (Phi) is 38.6. The molecule has 3 aromatic carbocycles. The van der Waals surface area contributed by atoms with Crippen molar-refractivity contribution in [2.45, 2.75) is 217 Å². The average molecular weight is 1650 g/mol. The molecule has 21 N–H and O–H groups in total. The number of unbranched alkanes of at least 4 members (excludes halogenated alkanes) is 1. The quantitative estimate of drug-likeness (QED) is 0.0101. The van der Waals surface area contributed by atoms with E-state index in [0.717, 1.165) is 4.90 Å². The first-order valence-corrected chi connectivity index (χ1v) is 39.3. The number of guanidine groups is 2. The number of carbonyl (C=O) groups excluding carboxylic acids is 13. The lowest BCUT2D eigenvalue weighted by Crippen LogP contribution is -2.61. The van der Waals surface area contributed by atoms with E-state index in [1.54, 1.807) is 44.2 Å². The number of imide groups is 1. The van der Waals surface area contributed by atoms with Crippen LogP contribution in [-0.2, 0) is 86.5 Å². The molecule has 1 saturated heterocycles. The number of hydrogen-bond donors (Lipinski definition) is 19. The van der Waals surface area contributed by atoms with Crippen LogP contribution in [0.2, 0.25) is 0 Å². The molecule has 1 aliphatic carbocycles. The van der Waals surface area contributed by atoms with Crippen molar-refractivity contribution in [2.24, 2.45) is 45.4 Å². The topological polar surface area (TPSA) is 581 Å². The molecule has 1 saturated carbocycles. The zero-order valence-corrected chi connectivity index (χ0v) is 68.9. The molecule has 1 unspecified atom stereocenters. The SMILES string of the molecule is COc1cc(S)c(CN2C(=O)CNC(=O)[C@H](CCCNC(=N)N)NC(=O)[C@H](CC(C)C)NC(=O)C(Cc3ccccc3)N[C@@H](CC(=O)O)C(=O)NC(=O)[C@H](CCCNC(=N)N)NC(=O)[C@H](Cc3ccc(O)cc3)NC(=O)[C@H](CCCCN=C(CC(C)C)C3C(=O)CC(C)(C)CC3=O)NC(=O)[C@H](CCC(N)=O)NC(=O)[C@@H]2C)c(OC)c1OC. The summed E-state index contributed by atoms with van der Waals surface area (Å²) in [5.74, 6) is -16.2. The third kappa shape index (κ3) is 31.6. The van der Waals surface area contributed by atoms with Crippen molar-refractivity contribution in [1.29, 1.82) is 10.8 Å². The van der Waals surface area contributed by atoms with Crippen LogP contribution in [0.1, 0.15) is 155 Å². The molecule has 0 radical (unpaired) electrons. The largest absolute Gasteiger partial charge is 0.508 e. The molecular weight excluding hydrogens is 1540 g/mol. The second kappa shape index (κ2) is 46.9. The van der Waals surface area contributed by atoms with Crippen molar-refractivity contribution in [2.75, 3.05) is 47.5 Å². The minimum Gasteiger partial charge on any atom is -0.508 e. The molecule has 11 amide bonds. The van der Waals surface area contributed by atoms with Crippen molar-refractivity contribution in [1.82, 2.24) is 63.4 Å². The Bertz CT molecular complexity index is 4050. The molecule has 3 aromatic rings. The van der Waals surface area contributed by atoms with Gasteiger partial charge in [0.2, 0.25) is 70.7 Å². The molecule has 2 aliphatic rings. The number of carboxylic acid groups (broad SMARTS) is 1. The second-order valence-corrected chi connectivity index (χ2v) is 31.1. The van der Waals surface area contributed by atoms with Gasteiger partial charge in [0.25, 0.3) is 0 Å². The number of phenols is 1. The van der Waals surface area contributed by atoms with E-state index in [-0.39, 0.29) is 147 Å². The molecule has 117 heavy (non-hydrogen) atoms. The van der Waals surface area contributed by atoms with Crippen molar-refractivity contribution in [3.8, 4) is 23.0 Å². The van der Waals surface area contributed by atoms with Crippen LogP contribution < -0.4 is 89.9 Å². The van der Waals surface area contributed by atoms with Crippen molar-refractivity contribution in [3.63, 3.8) is 0 Å². The van der Waals surface area contributed by atoms with Gasteiger partial charge in [-0.2, -0.15) is 0 Å². The molecule has 1 heterocycles. The summed E-state index contributed by atoms with van der Waals surface area (Å²) in [6.07, 6.45) is -3.00. The van der Waals surface area contributed by atoms with Gasteiger partial charge in [0.05, 0.1) is 52.9 Å². The molecule has 642 valence electrons. The highest BCUT2D eigenvalue weighted by Gasteiger charge is 2.43. The van der Waals surface area contributed by atoms with Crippen LogP contribution in [0.25, 0.3) is 0 Å². The Morgan fingerprint density at radius 1 is 0.607 bits per heavy atom. The van der Waals surface area contributed by atoms with Gasteiger partial charge < -0.3 is 94.4 Å². The third-order valence-electron chi connectivity index (χ3n) is 19.4. The van der Waals surface area contributed by atoms with E-state index in [1.165, 1.54) is 58.6 Å². The van der Waals surface area contributed by atoms with Gasteiger partial charge in [-0.05, 0) is 124 Å². The number of hydrogen-bond acceptors (Lipinski definition) is 23. The van der Waals surface area contributed by atoms with E-state index in [4.69, 9.17) is 59.9 Å². The zero-order valence-electron chi connectivity index (χ0n) is 68.0. The number of ketones is 2. The number of primary amides is 1. The van der Waals surface area contributed by atoms with Gasteiger partial charge in [0.1, 0.15) is 65.5 Å². The molecule has 2 fully saturated rings. The minimum absolute atomic E-state index is 0.00411. The van der Waals surface area contributed by atoms with Crippen LogP contribution >= 0.6 is 12.6 Å². The number of aliphatic carboxylic acids is 1. The van der Waals surface area contributed by atoms with Crippen LogP contribution in [0.15, 0.2) is 70.6 Å². The number of rotatable bonds is 32. The molecule has 5 rings (SSSR count). The van der Waals surface area contributed by atoms with Gasteiger partial charge in [0, 0.05) is 61.5 Å². The Morgan fingerprint density at radius 2 is 1.09 bits per heavy atom. The summed E-state index contributed by atoms with van der Waals surface area (Å²) in [5.41, 5.74) is 17.6. The van der Waals surface area contributed by atoms with Gasteiger partial charge in [-0.1, -0.05) is 84.0 Å². The first-order chi connectivity index (χ1) is 55.2. The number of carbonyl (C=O) groups is 14. The fourth-order valence-electron chi connectivity index (χ4n) is 13.5. The summed E-state index contributed by atoms with van der Waals surface area (Å²) in [6.45, 7) is 10.7. The summed E-state index contributed by atoms with van der Waals surface area (Å²) in [6, 6.07) is -0.0934. The van der Waals surface area contributed by atoms with Crippen LogP contribution in [0.3, 0.4) is 0 Å². The van der Waals surface area contributed by atoms with Gasteiger partial charge in [-0.15, -0.1) is 12.6 Å². The van der Waals surface area contributed by atoms with Crippen molar-refractivity contribution in [3.05, 3.63) is 77.4 Å². The predicted molar refractivity (Wildman–Crippen MR) is 434 cm³/mol. The maximum atomic E-state index is 15.4. The normalized spacial score (nSPS) is 21.8. The standard InChI is InChI=1S/C79H116N18O19S/c1-42(2)32-53(65-58(99)38-79(6,7)39-59(65)100)85-29-15-14-20-50-70(107)95-56(35-46-23-25-47(98)26-24-46)75(112)93-51(22-17-31-87-78(83)84)72(109)96-76(113)57(36-64(103)104)89-55(34-45-18-12-11-13-19-45)74(111)94-54(33-43(3)4)73(110)91-49(21-16-30-86-77(81)82)69(106)88-40-63(102)97(41-48-61(117)37-60(114-8)67(116-10)66(48)115-9)44(5)68(105)90-52(71(108)92-50)27-28-62(80)101/h11-13,18-19,23-26,37,42-44,49-52,54-57,65,89,98,117H,14-17,20-22,27-36,38-41H2,1-10H3,(H2,80,101)(H,88,106)(H,90,105)(H,91,110)(H,92,108)(H,93,112)(H,94,111)(H,95,107)(H,103,104)(H4,81,82,86)(H4,83,84,87)(H,96,109,113)/t44-,49-,50-,51-,52-,54-,55?,56-,57-/m0/s1. The van der Waals surface area contributed by atoms with E-state index in [0.29, 0.717) is 23.3 Å². The number of amides is 11. The average Bonchev–Trinajstić information content (AvgIpc) is 0.798. The number of nitrogens with two attached hydrogens (primary N) is 3. The molecule has 37 nitrogen and oxygen atoms in total. The molecule has 38 heteroatoms. The maximum absolute atomic E-state index is 15.4. The number of aliphatic imine (C=N–C) groups is 1. The van der Waals surface area contributed by atoms with Crippen LogP contribution in [-0.4, -0.2) is 217 Å². The lowest BCUT2D eigenvalue weighted by Gasteiger charge is -2.33. The summed E-state index contributed by atoms with van der Waals surface area (Å²) in [4.78, 5) is 209. The number of Topliss-reactive ketones (excluding diaryl/α,β-unsaturated/α-hetero) is 2. The first kappa shape index (κ1) is 96.1. The number of methoxy groups -OCH3 is 3. The van der Waals surface area contributed by atoms with E-state index in [1.807, 2.05) is 27.7 Å². The van der Waals surface area contributed by atoms with Crippen LogP contribution in [0, 0.1) is 34.0 Å². The summed E-state index contributed by atoms with van der Waals surface area (Å²) in [7, 11) is 3.94. The zero-order chi connectivity index (χ0) is 87.0. The number of nitrogens with zero attached hydrogens (tertiary/aromatic N) is 2. The van der Waals surface area contributed by atoms with E-state index in [9.17, 15) is 48.6 Å². The number of thiol groups is 1. The second-order valence-electron chi connectivity index (χ2n) is 30.7. The van der Waals surface area contributed by atoms with Crippen molar-refractivity contribution < 1.29 is 91.5 Å². The number of benzene rings is 3. The highest BCUT2D eigenvalue weighted by molar-refractivity contribution is 7.80. The fraction of sp³-hybridized carbons (Fsp3) is 0.557. The summed E-state index contributed by atoms with van der Waals surface area (Å²) >= 11 is 4.71. The maximum Gasteiger partial charge on any atom is 0.305 e. The van der Waals surface area contributed by atoms with Gasteiger partial charge in [0.15, 0.2) is 23.4 Å². The van der Waals surface area contributed by atoms with E-state index in [2.05, 4.69) is 58.5 Å². The molecule has 9 atom stereocenters. The number of nitrogens with one attached hydrogen (secondary N) is 13. The fourth-order valence-corrected chi connectivity index (χ4v) is 13.8. The number of aromatic hydroxyl groups is 1. The van der Waals surface area contributed by atoms with Crippen LogP contribution in [0.5, 0.6) is 23.0 Å². The van der Waals surface area contributed by atoms with Gasteiger partial charge >= 0.3 is 5.97 Å². The molecule has 0 bridgehead atoms. The lowest BCUT2D eigenvalue weighted by molar-refractivity contribution is -0.142. The van der Waals surface area contributed by atoms with Crippen molar-refractivity contribution >= 4 is 113 Å². The summed E-state index contributed by atoms with van der Waals surface area (Å²) in [5, 5.41) is 64.9. The molecule has 0 spiro atoms. The first-order valence-electron chi connectivity index (χ1n) is 38.8. The highest BCUT2D eigenvalue weighted by Crippen LogP contribution is 2.44. The molecule has 0 aromatic heterocycles. The number of carboxylic acids is 1. The third-order valence-corrected chi connectivity index (χ3v) is 19.8. The Labute approximate surface area is 685 Å². The Balaban J connectivity index is 1.76. The predicted octanol–water partition coefficient (Wildman–Crippen LogP) is 0.462. The number of ether oxygens (including phenoxy) is 3. The number of phenolic OH excluding ortho intramolecular Hbond substituents is 1. The van der Waals surface area contributed by atoms with E-state index < -0.39 is 187 Å².